The Bertz CT molecular complexity index is 948. The van der Waals surface area contributed by atoms with Crippen LogP contribution in [0.2, 0.25) is 0 Å². The van der Waals surface area contributed by atoms with Gasteiger partial charge in [-0.05, 0) is 24.3 Å². The first-order valence-electron chi connectivity index (χ1n) is 7.01. The van der Waals surface area contributed by atoms with Crippen LogP contribution in [0.25, 0.3) is 20.5 Å². The lowest BCUT2D eigenvalue weighted by Crippen LogP contribution is -2.02. The first-order valence-corrected chi connectivity index (χ1v) is 8.23. The molecule has 3 rings (SSSR count). The monoisotopic (exact) mass is 391 g/mol. The zero-order chi connectivity index (χ0) is 19.5. The molecule has 0 fully saturated rings. The zero-order valence-corrected chi connectivity index (χ0v) is 13.6. The lowest BCUT2D eigenvalue weighted by Gasteiger charge is -2.02. The van der Waals surface area contributed by atoms with E-state index in [1.807, 2.05) is 6.07 Å². The predicted octanol–water partition coefficient (Wildman–Crippen LogP) is 6.90. The SMILES string of the molecule is F[B-](F)(F)F.N#Cc1ccccc1-c1cc2ccccc2[s+]1C(F)(F)F. The molecule has 0 aliphatic rings. The van der Waals surface area contributed by atoms with E-state index in [-0.39, 0.29) is 15.1 Å². The lowest BCUT2D eigenvalue weighted by molar-refractivity contribution is -0.0864. The molecule has 0 N–H and O–H groups in total. The Morgan fingerprint density at radius 2 is 1.42 bits per heavy atom. The van der Waals surface area contributed by atoms with Crippen molar-refractivity contribution < 1.29 is 30.4 Å². The minimum absolute atomic E-state index is 0.167. The third-order valence-electron chi connectivity index (χ3n) is 3.19. The summed E-state index contributed by atoms with van der Waals surface area (Å²) in [7, 11) is -8.01. The topological polar surface area (TPSA) is 23.8 Å². The number of hydrogen-bond acceptors (Lipinski definition) is 1. The van der Waals surface area contributed by atoms with E-state index in [4.69, 9.17) is 5.26 Å². The molecule has 0 saturated carbocycles. The van der Waals surface area contributed by atoms with E-state index in [1.54, 1.807) is 42.5 Å². The zero-order valence-electron chi connectivity index (χ0n) is 12.8. The fourth-order valence-electron chi connectivity index (χ4n) is 2.34. The van der Waals surface area contributed by atoms with Crippen LogP contribution in [0.1, 0.15) is 5.56 Å². The summed E-state index contributed by atoms with van der Waals surface area (Å²) in [6.07, 6.45) is 0. The molecule has 1 aromatic heterocycles. The van der Waals surface area contributed by atoms with Gasteiger partial charge in [0, 0.05) is 11.5 Å². The molecule has 2 aromatic carbocycles. The lowest BCUT2D eigenvalue weighted by atomic mass is 10.1. The third-order valence-corrected chi connectivity index (χ3v) is 5.24. The van der Waals surface area contributed by atoms with Crippen LogP contribution in [-0.4, -0.2) is 7.25 Å². The molecule has 0 aliphatic heterocycles. The Morgan fingerprint density at radius 3 is 2.00 bits per heavy atom. The number of hydrogen-bond donors (Lipinski definition) is 0. The van der Waals surface area contributed by atoms with Crippen molar-refractivity contribution in [1.29, 1.82) is 5.26 Å². The molecule has 0 spiro atoms. The maximum atomic E-state index is 13.5. The maximum Gasteiger partial charge on any atom is 0.673 e. The van der Waals surface area contributed by atoms with Crippen LogP contribution in [-0.2, 0) is 5.51 Å². The number of nitrogens with zero attached hydrogens (tertiary/aromatic N) is 1. The highest BCUT2D eigenvalue weighted by molar-refractivity contribution is 7.41. The van der Waals surface area contributed by atoms with Gasteiger partial charge >= 0.3 is 12.8 Å². The minimum Gasteiger partial charge on any atom is -0.418 e. The van der Waals surface area contributed by atoms with Gasteiger partial charge in [0.15, 0.2) is 9.58 Å². The van der Waals surface area contributed by atoms with Gasteiger partial charge < -0.3 is 17.3 Å². The van der Waals surface area contributed by atoms with E-state index in [9.17, 15) is 30.4 Å². The molecule has 0 saturated heterocycles. The van der Waals surface area contributed by atoms with Crippen LogP contribution in [0, 0.1) is 11.3 Å². The number of nitriles is 1. The van der Waals surface area contributed by atoms with Crippen molar-refractivity contribution in [2.45, 2.75) is 5.51 Å². The number of fused-ring (bicyclic) bond motifs is 1. The van der Waals surface area contributed by atoms with Crippen molar-refractivity contribution in [2.24, 2.45) is 0 Å². The van der Waals surface area contributed by atoms with Gasteiger partial charge in [0.25, 0.3) is 0 Å². The van der Waals surface area contributed by atoms with Gasteiger partial charge in [0.2, 0.25) is 0 Å². The average Bonchev–Trinajstić information content (AvgIpc) is 2.92. The van der Waals surface area contributed by atoms with E-state index in [0.717, 1.165) is 0 Å². The molecule has 136 valence electrons. The van der Waals surface area contributed by atoms with Gasteiger partial charge in [-0.2, -0.15) is 5.26 Å². The van der Waals surface area contributed by atoms with E-state index in [1.165, 1.54) is 12.1 Å². The van der Waals surface area contributed by atoms with Gasteiger partial charge in [0.1, 0.15) is 10.5 Å². The van der Waals surface area contributed by atoms with E-state index in [0.29, 0.717) is 10.9 Å². The molecule has 0 radical (unpaired) electrons. The van der Waals surface area contributed by atoms with E-state index < -0.39 is 23.2 Å². The van der Waals surface area contributed by atoms with Crippen LogP contribution >= 0.6 is 10.5 Å². The number of benzene rings is 2. The molecule has 0 aliphatic carbocycles. The van der Waals surface area contributed by atoms with Crippen molar-refractivity contribution in [1.82, 2.24) is 0 Å². The van der Waals surface area contributed by atoms with Gasteiger partial charge in [-0.25, -0.2) is 0 Å². The quantitative estimate of drug-likeness (QED) is 0.251. The average molecular weight is 391 g/mol. The van der Waals surface area contributed by atoms with Crippen molar-refractivity contribution in [2.75, 3.05) is 0 Å². The van der Waals surface area contributed by atoms with Crippen molar-refractivity contribution in [3.05, 3.63) is 60.2 Å². The highest BCUT2D eigenvalue weighted by Gasteiger charge is 2.48. The molecule has 1 heterocycles. The largest absolute Gasteiger partial charge is 0.673 e. The van der Waals surface area contributed by atoms with Crippen LogP contribution in [0.15, 0.2) is 54.6 Å². The molecule has 0 amide bonds. The Balaban J connectivity index is 0.000000431. The van der Waals surface area contributed by atoms with Crippen molar-refractivity contribution in [3.63, 3.8) is 0 Å². The summed E-state index contributed by atoms with van der Waals surface area (Å²) in [5.41, 5.74) is -3.74. The second-order valence-corrected chi connectivity index (χ2v) is 6.91. The molecule has 26 heavy (non-hydrogen) atoms. The van der Waals surface area contributed by atoms with Gasteiger partial charge in [-0.15, -0.1) is 13.2 Å². The van der Waals surface area contributed by atoms with Crippen LogP contribution in [0.4, 0.5) is 30.4 Å². The van der Waals surface area contributed by atoms with Crippen molar-refractivity contribution in [3.8, 4) is 16.5 Å². The van der Waals surface area contributed by atoms with Crippen LogP contribution in [0.5, 0.6) is 0 Å². The number of halogens is 7. The fourth-order valence-corrected chi connectivity index (χ4v) is 4.29. The number of rotatable bonds is 1. The molecule has 10 heteroatoms. The standard InChI is InChI=1S/C16H9F3NS.BF4/c17-16(18,19)21-14-8-4-2-5-11(14)9-15(21)13-7-3-1-6-12(13)10-20;2-1(3,4)5/h1-9H;/q+1;-1. The van der Waals surface area contributed by atoms with Gasteiger partial charge in [-0.1, -0.05) is 24.3 Å². The highest BCUT2D eigenvalue weighted by atomic mass is 32.2. The molecule has 0 bridgehead atoms. The molecule has 3 aromatic rings. The van der Waals surface area contributed by atoms with Gasteiger partial charge in [-0.3, -0.25) is 0 Å². The second-order valence-electron chi connectivity index (χ2n) is 4.95. The summed E-state index contributed by atoms with van der Waals surface area (Å²) in [5.74, 6) is 0. The number of thiophene rings is 1. The summed E-state index contributed by atoms with van der Waals surface area (Å²) in [4.78, 5) is 0.167. The summed E-state index contributed by atoms with van der Waals surface area (Å²) in [6.45, 7) is 0. The minimum atomic E-state index is -6.00. The Morgan fingerprint density at radius 1 is 0.885 bits per heavy atom. The molecular formula is C16H9BF7NS. The Hall–Kier alpha value is -2.54. The second kappa shape index (κ2) is 7.37. The normalized spacial score (nSPS) is 12.3. The van der Waals surface area contributed by atoms with Crippen molar-refractivity contribution >= 4 is 27.8 Å². The highest BCUT2D eigenvalue weighted by Crippen LogP contribution is 2.54. The van der Waals surface area contributed by atoms with Crippen LogP contribution in [0.3, 0.4) is 0 Å². The molecule has 1 nitrogen and oxygen atoms in total. The number of alkyl halides is 3. The molecule has 1 atom stereocenters. The Labute approximate surface area is 146 Å². The first kappa shape index (κ1) is 19.8. The maximum absolute atomic E-state index is 13.5. The Kier molecular flexibility index (Phi) is 5.61. The predicted molar refractivity (Wildman–Crippen MR) is 88.1 cm³/mol. The smallest absolute Gasteiger partial charge is 0.418 e. The first-order chi connectivity index (χ1) is 12.0. The summed E-state index contributed by atoms with van der Waals surface area (Å²) in [5, 5.41) is 9.70. The van der Waals surface area contributed by atoms with Gasteiger partial charge in [0.05, 0.1) is 17.2 Å². The van der Waals surface area contributed by atoms with Crippen LogP contribution < -0.4 is 0 Å². The third kappa shape index (κ3) is 4.76. The molecule has 1 unspecified atom stereocenters. The molecular weight excluding hydrogens is 382 g/mol. The summed E-state index contributed by atoms with van der Waals surface area (Å²) < 4.78 is 79.8. The fraction of sp³-hybridized carbons (Fsp3) is 0.0625. The van der Waals surface area contributed by atoms with E-state index >= 15 is 0 Å². The van der Waals surface area contributed by atoms with E-state index in [2.05, 4.69) is 0 Å². The summed E-state index contributed by atoms with van der Waals surface area (Å²) >= 11 is 0. The summed E-state index contributed by atoms with van der Waals surface area (Å²) in [6, 6.07) is 16.4.